The second-order valence-electron chi connectivity index (χ2n) is 5.08. The van der Waals surface area contributed by atoms with Gasteiger partial charge in [-0.3, -0.25) is 20.4 Å². The summed E-state index contributed by atoms with van der Waals surface area (Å²) >= 11 is 0. The van der Waals surface area contributed by atoms with Gasteiger partial charge in [-0.15, -0.1) is 0 Å². The summed E-state index contributed by atoms with van der Waals surface area (Å²) in [6, 6.07) is 15.1. The first-order valence-electron chi connectivity index (χ1n) is 7.49. The van der Waals surface area contributed by atoms with Gasteiger partial charge in [-0.1, -0.05) is 30.3 Å². The molecule has 2 aromatic carbocycles. The van der Waals surface area contributed by atoms with Crippen molar-refractivity contribution in [2.45, 2.75) is 6.61 Å². The maximum atomic E-state index is 11.9. The number of esters is 1. The number of methoxy groups -OCH3 is 1. The molecule has 2 rings (SSSR count). The number of hydrogen-bond donors (Lipinski definition) is 2. The minimum atomic E-state index is -0.648. The van der Waals surface area contributed by atoms with E-state index in [1.165, 1.54) is 0 Å². The predicted molar refractivity (Wildman–Crippen MR) is 89.5 cm³/mol. The minimum Gasteiger partial charge on any atom is -0.452 e. The quantitative estimate of drug-likeness (QED) is 0.612. The Labute approximate surface area is 144 Å². The Kier molecular flexibility index (Phi) is 6.67. The topological polar surface area (TPSA) is 93.7 Å². The van der Waals surface area contributed by atoms with Crippen molar-refractivity contribution in [2.75, 3.05) is 13.7 Å². The molecular formula is C18H18N2O5. The van der Waals surface area contributed by atoms with Crippen molar-refractivity contribution in [1.29, 1.82) is 0 Å². The van der Waals surface area contributed by atoms with E-state index in [1.807, 2.05) is 6.07 Å². The summed E-state index contributed by atoms with van der Waals surface area (Å²) in [5.41, 5.74) is 5.96. The van der Waals surface area contributed by atoms with Gasteiger partial charge in [-0.25, -0.2) is 4.79 Å². The normalized spacial score (nSPS) is 9.96. The molecule has 0 aliphatic rings. The average Bonchev–Trinajstić information content (AvgIpc) is 2.65. The molecule has 2 N–H and O–H groups in total. The number of nitrogens with one attached hydrogen (secondary N) is 2. The van der Waals surface area contributed by atoms with Crippen LogP contribution in [-0.2, 0) is 20.9 Å². The molecule has 130 valence electrons. The third-order valence-corrected chi connectivity index (χ3v) is 3.16. The molecule has 0 unspecified atom stereocenters. The largest absolute Gasteiger partial charge is 0.452 e. The summed E-state index contributed by atoms with van der Waals surface area (Å²) in [7, 11) is 1.55. The average molecular weight is 342 g/mol. The molecule has 0 saturated heterocycles. The van der Waals surface area contributed by atoms with E-state index in [9.17, 15) is 14.4 Å². The number of hydrazine groups is 1. The highest BCUT2D eigenvalue weighted by Crippen LogP contribution is 2.07. The van der Waals surface area contributed by atoms with Crippen molar-refractivity contribution in [1.82, 2.24) is 10.9 Å². The molecule has 0 radical (unpaired) electrons. The summed E-state index contributed by atoms with van der Waals surface area (Å²) in [6.45, 7) is -0.143. The van der Waals surface area contributed by atoms with Crippen molar-refractivity contribution in [3.8, 4) is 0 Å². The Morgan fingerprint density at radius 2 is 1.64 bits per heavy atom. The van der Waals surface area contributed by atoms with Crippen molar-refractivity contribution in [3.63, 3.8) is 0 Å². The third-order valence-electron chi connectivity index (χ3n) is 3.16. The molecular weight excluding hydrogens is 324 g/mol. The molecule has 0 spiro atoms. The van der Waals surface area contributed by atoms with Crippen LogP contribution >= 0.6 is 0 Å². The van der Waals surface area contributed by atoms with Crippen molar-refractivity contribution in [3.05, 3.63) is 71.3 Å². The molecule has 7 heteroatoms. The highest BCUT2D eigenvalue weighted by atomic mass is 16.5. The number of benzene rings is 2. The number of amides is 2. The second-order valence-corrected chi connectivity index (χ2v) is 5.08. The zero-order valence-corrected chi connectivity index (χ0v) is 13.7. The summed E-state index contributed by atoms with van der Waals surface area (Å²) < 4.78 is 9.91. The van der Waals surface area contributed by atoms with E-state index in [0.29, 0.717) is 17.7 Å². The molecule has 0 aliphatic carbocycles. The van der Waals surface area contributed by atoms with Gasteiger partial charge in [0.25, 0.3) is 11.8 Å². The highest BCUT2D eigenvalue weighted by molar-refractivity contribution is 5.96. The van der Waals surface area contributed by atoms with Gasteiger partial charge in [0.15, 0.2) is 6.61 Å². The van der Waals surface area contributed by atoms with Gasteiger partial charge in [0.05, 0.1) is 12.2 Å². The van der Waals surface area contributed by atoms with Crippen LogP contribution in [0.25, 0.3) is 0 Å². The van der Waals surface area contributed by atoms with Crippen LogP contribution in [0.1, 0.15) is 26.3 Å². The van der Waals surface area contributed by atoms with Crippen LogP contribution in [0.3, 0.4) is 0 Å². The zero-order chi connectivity index (χ0) is 18.1. The Morgan fingerprint density at radius 1 is 0.920 bits per heavy atom. The fourth-order valence-electron chi connectivity index (χ4n) is 1.99. The number of carbonyl (C=O) groups is 3. The molecule has 7 nitrogen and oxygen atoms in total. The molecule has 2 aromatic rings. The summed E-state index contributed by atoms with van der Waals surface area (Å²) in [6.07, 6.45) is 0. The summed E-state index contributed by atoms with van der Waals surface area (Å²) in [4.78, 5) is 35.4. The van der Waals surface area contributed by atoms with E-state index in [2.05, 4.69) is 10.9 Å². The number of carbonyl (C=O) groups excluding carboxylic acids is 3. The lowest BCUT2D eigenvalue weighted by atomic mass is 10.1. The monoisotopic (exact) mass is 342 g/mol. The van der Waals surface area contributed by atoms with Gasteiger partial charge >= 0.3 is 5.97 Å². The lowest BCUT2D eigenvalue weighted by Gasteiger charge is -2.08. The Balaban J connectivity index is 1.78. The van der Waals surface area contributed by atoms with Gasteiger partial charge in [-0.2, -0.15) is 0 Å². The van der Waals surface area contributed by atoms with Crippen LogP contribution in [0.15, 0.2) is 54.6 Å². The molecule has 0 heterocycles. The van der Waals surface area contributed by atoms with Crippen molar-refractivity contribution in [2.24, 2.45) is 0 Å². The van der Waals surface area contributed by atoms with Crippen molar-refractivity contribution >= 4 is 17.8 Å². The molecule has 0 aliphatic heterocycles. The Hall–Kier alpha value is -3.19. The predicted octanol–water partition coefficient (Wildman–Crippen LogP) is 1.45. The molecule has 0 atom stereocenters. The Morgan fingerprint density at radius 3 is 2.36 bits per heavy atom. The highest BCUT2D eigenvalue weighted by Gasteiger charge is 2.12. The Bertz CT molecular complexity index is 746. The molecule has 25 heavy (non-hydrogen) atoms. The second kappa shape index (κ2) is 9.19. The van der Waals surface area contributed by atoms with Gasteiger partial charge in [0.1, 0.15) is 0 Å². The number of rotatable bonds is 6. The number of hydrogen-bond acceptors (Lipinski definition) is 5. The van der Waals surface area contributed by atoms with Gasteiger partial charge in [-0.05, 0) is 29.8 Å². The third kappa shape index (κ3) is 5.74. The van der Waals surface area contributed by atoms with Crippen LogP contribution in [0.5, 0.6) is 0 Å². The minimum absolute atomic E-state index is 0.315. The lowest BCUT2D eigenvalue weighted by Crippen LogP contribution is -2.43. The fraction of sp³-hybridized carbons (Fsp3) is 0.167. The molecule has 2 amide bonds. The lowest BCUT2D eigenvalue weighted by molar-refractivity contribution is -0.125. The van der Waals surface area contributed by atoms with E-state index in [1.54, 1.807) is 55.6 Å². The van der Waals surface area contributed by atoms with Gasteiger partial charge < -0.3 is 9.47 Å². The zero-order valence-electron chi connectivity index (χ0n) is 13.7. The van der Waals surface area contributed by atoms with Crippen LogP contribution < -0.4 is 10.9 Å². The van der Waals surface area contributed by atoms with Crippen molar-refractivity contribution < 1.29 is 23.9 Å². The van der Waals surface area contributed by atoms with E-state index in [-0.39, 0.29) is 0 Å². The molecule has 0 fully saturated rings. The molecule has 0 saturated carbocycles. The standard InChI is InChI=1S/C18H18N2O5/c1-24-11-13-6-5-9-15(10-13)18(23)25-12-16(21)19-20-17(22)14-7-3-2-4-8-14/h2-10H,11-12H2,1H3,(H,19,21)(H,20,22). The van der Waals surface area contributed by atoms with Crippen LogP contribution in [0.4, 0.5) is 0 Å². The summed E-state index contributed by atoms with van der Waals surface area (Å²) in [5.74, 6) is -1.75. The van der Waals surface area contributed by atoms with E-state index in [0.717, 1.165) is 5.56 Å². The SMILES string of the molecule is COCc1cccc(C(=O)OCC(=O)NNC(=O)c2ccccc2)c1. The van der Waals surface area contributed by atoms with Gasteiger partial charge in [0, 0.05) is 12.7 Å². The maximum Gasteiger partial charge on any atom is 0.338 e. The molecule has 0 aromatic heterocycles. The fourth-order valence-corrected chi connectivity index (χ4v) is 1.99. The van der Waals surface area contributed by atoms with Gasteiger partial charge in [0.2, 0.25) is 0 Å². The first-order chi connectivity index (χ1) is 12.1. The van der Waals surface area contributed by atoms with E-state index in [4.69, 9.17) is 9.47 Å². The first-order valence-corrected chi connectivity index (χ1v) is 7.49. The number of ether oxygens (including phenoxy) is 2. The van der Waals surface area contributed by atoms with E-state index < -0.39 is 24.4 Å². The van der Waals surface area contributed by atoms with Crippen LogP contribution in [-0.4, -0.2) is 31.5 Å². The smallest absolute Gasteiger partial charge is 0.338 e. The van der Waals surface area contributed by atoms with E-state index >= 15 is 0 Å². The van der Waals surface area contributed by atoms with Crippen LogP contribution in [0, 0.1) is 0 Å². The maximum absolute atomic E-state index is 11.9. The first kappa shape index (κ1) is 18.2. The molecule has 0 bridgehead atoms. The summed E-state index contributed by atoms with van der Waals surface area (Å²) in [5, 5.41) is 0. The van der Waals surface area contributed by atoms with Crippen LogP contribution in [0.2, 0.25) is 0 Å².